The van der Waals surface area contributed by atoms with Crippen LogP contribution in [0.15, 0.2) is 188 Å². The maximum absolute atomic E-state index is 2.44. The van der Waals surface area contributed by atoms with E-state index in [2.05, 4.69) is 193 Å². The zero-order valence-corrected chi connectivity index (χ0v) is 28.1. The van der Waals surface area contributed by atoms with Crippen LogP contribution in [0, 0.1) is 0 Å². The van der Waals surface area contributed by atoms with E-state index >= 15 is 0 Å². The molecule has 0 aliphatic rings. The van der Waals surface area contributed by atoms with E-state index < -0.39 is 0 Å². The standard InChI is InChI=1S/C48H31NS/c1-2-10-36-29-37(22-21-32(36)9-1)35-19-17-33(18-20-35)34-23-25-39(26-24-34)49(40-27-28-45-44-15-7-8-16-47(44)50-48(45)31-40)46-30-38-11-3-4-12-41(38)42-13-5-6-14-43(42)46/h1-31H. The topological polar surface area (TPSA) is 3.24 Å². The highest BCUT2D eigenvalue weighted by atomic mass is 32.1. The van der Waals surface area contributed by atoms with Gasteiger partial charge in [0.1, 0.15) is 0 Å². The fraction of sp³-hybridized carbons (Fsp3) is 0. The number of nitrogens with zero attached hydrogens (tertiary/aromatic N) is 1. The predicted octanol–water partition coefficient (Wildman–Crippen LogP) is 14.3. The molecule has 1 nitrogen and oxygen atoms in total. The van der Waals surface area contributed by atoms with Crippen molar-refractivity contribution in [1.29, 1.82) is 0 Å². The fourth-order valence-corrected chi connectivity index (χ4v) is 8.67. The smallest absolute Gasteiger partial charge is 0.0546 e. The van der Waals surface area contributed by atoms with Crippen molar-refractivity contribution in [3.63, 3.8) is 0 Å². The van der Waals surface area contributed by atoms with Gasteiger partial charge in [-0.1, -0.05) is 146 Å². The quantitative estimate of drug-likeness (QED) is 0.167. The third-order valence-electron chi connectivity index (χ3n) is 10.0. The van der Waals surface area contributed by atoms with Gasteiger partial charge in [-0.05, 0) is 91.6 Å². The molecule has 10 rings (SSSR count). The minimum absolute atomic E-state index is 1.13. The largest absolute Gasteiger partial charge is 0.310 e. The van der Waals surface area contributed by atoms with E-state index in [4.69, 9.17) is 0 Å². The second-order valence-electron chi connectivity index (χ2n) is 13.0. The molecule has 0 N–H and O–H groups in total. The average molecular weight is 654 g/mol. The lowest BCUT2D eigenvalue weighted by molar-refractivity contribution is 1.31. The summed E-state index contributed by atoms with van der Waals surface area (Å²) in [5.41, 5.74) is 8.31. The van der Waals surface area contributed by atoms with Gasteiger partial charge >= 0.3 is 0 Å². The molecule has 50 heavy (non-hydrogen) atoms. The van der Waals surface area contributed by atoms with Crippen LogP contribution in [0.2, 0.25) is 0 Å². The Kier molecular flexibility index (Phi) is 6.75. The Morgan fingerprint density at radius 3 is 1.62 bits per heavy atom. The number of rotatable bonds is 5. The van der Waals surface area contributed by atoms with E-state index in [9.17, 15) is 0 Å². The number of hydrogen-bond acceptors (Lipinski definition) is 2. The first-order valence-corrected chi connectivity index (χ1v) is 17.9. The summed E-state index contributed by atoms with van der Waals surface area (Å²) in [5.74, 6) is 0. The molecule has 0 fully saturated rings. The first-order chi connectivity index (χ1) is 24.8. The van der Waals surface area contributed by atoms with Crippen molar-refractivity contribution in [2.75, 3.05) is 4.90 Å². The van der Waals surface area contributed by atoms with Crippen LogP contribution in [-0.4, -0.2) is 0 Å². The Labute approximate surface area is 294 Å². The molecule has 0 atom stereocenters. The third kappa shape index (κ3) is 4.84. The molecule has 2 heteroatoms. The Morgan fingerprint density at radius 1 is 0.300 bits per heavy atom. The molecule has 0 amide bonds. The lowest BCUT2D eigenvalue weighted by Crippen LogP contribution is -2.10. The molecule has 234 valence electrons. The monoisotopic (exact) mass is 653 g/mol. The van der Waals surface area contributed by atoms with Gasteiger partial charge in [0, 0.05) is 36.9 Å². The first-order valence-electron chi connectivity index (χ1n) is 17.1. The second kappa shape index (κ2) is 11.7. The molecule has 0 aliphatic carbocycles. The van der Waals surface area contributed by atoms with Gasteiger partial charge < -0.3 is 4.90 Å². The number of benzene rings is 9. The molecular weight excluding hydrogens is 623 g/mol. The van der Waals surface area contributed by atoms with Crippen LogP contribution in [0.3, 0.4) is 0 Å². The SMILES string of the molecule is c1ccc2cc(-c3ccc(-c4ccc(N(c5ccc6c(c5)sc5ccccc56)c5cc6ccccc6c6ccccc56)cc4)cc3)ccc2c1. The minimum Gasteiger partial charge on any atom is -0.310 e. The molecule has 1 heterocycles. The van der Waals surface area contributed by atoms with Crippen molar-refractivity contribution in [1.82, 2.24) is 0 Å². The van der Waals surface area contributed by atoms with Gasteiger partial charge in [0.15, 0.2) is 0 Å². The third-order valence-corrected chi connectivity index (χ3v) is 11.2. The van der Waals surface area contributed by atoms with Crippen molar-refractivity contribution in [3.05, 3.63) is 188 Å². The van der Waals surface area contributed by atoms with E-state index in [0.717, 1.165) is 11.4 Å². The van der Waals surface area contributed by atoms with Crippen LogP contribution in [0.5, 0.6) is 0 Å². The Hall–Kier alpha value is -6.22. The molecule has 10 aromatic rings. The van der Waals surface area contributed by atoms with Crippen molar-refractivity contribution < 1.29 is 0 Å². The molecule has 0 saturated carbocycles. The lowest BCUT2D eigenvalue weighted by atomic mass is 9.97. The van der Waals surface area contributed by atoms with Crippen molar-refractivity contribution in [2.24, 2.45) is 0 Å². The van der Waals surface area contributed by atoms with Gasteiger partial charge in [-0.3, -0.25) is 0 Å². The summed E-state index contributed by atoms with van der Waals surface area (Å²) in [4.78, 5) is 2.44. The van der Waals surface area contributed by atoms with Crippen LogP contribution >= 0.6 is 11.3 Å². The zero-order valence-electron chi connectivity index (χ0n) is 27.3. The number of thiophene rings is 1. The van der Waals surface area contributed by atoms with E-state index in [1.54, 1.807) is 0 Å². The van der Waals surface area contributed by atoms with Crippen LogP contribution in [0.1, 0.15) is 0 Å². The van der Waals surface area contributed by atoms with E-state index in [1.165, 1.54) is 80.4 Å². The van der Waals surface area contributed by atoms with Gasteiger partial charge in [-0.15, -0.1) is 11.3 Å². The van der Waals surface area contributed by atoms with Gasteiger partial charge in [0.2, 0.25) is 0 Å². The molecule has 0 radical (unpaired) electrons. The normalized spacial score (nSPS) is 11.6. The summed E-state index contributed by atoms with van der Waals surface area (Å²) in [7, 11) is 0. The molecule has 1 aromatic heterocycles. The van der Waals surface area contributed by atoms with Gasteiger partial charge in [0.25, 0.3) is 0 Å². The molecule has 9 aromatic carbocycles. The Morgan fingerprint density at radius 2 is 0.840 bits per heavy atom. The van der Waals surface area contributed by atoms with Crippen molar-refractivity contribution in [2.45, 2.75) is 0 Å². The van der Waals surface area contributed by atoms with E-state index in [-0.39, 0.29) is 0 Å². The van der Waals surface area contributed by atoms with Crippen LogP contribution < -0.4 is 4.90 Å². The summed E-state index contributed by atoms with van der Waals surface area (Å²) in [6, 6.07) is 68.8. The highest BCUT2D eigenvalue weighted by molar-refractivity contribution is 7.25. The highest BCUT2D eigenvalue weighted by Crippen LogP contribution is 2.44. The van der Waals surface area contributed by atoms with Crippen molar-refractivity contribution in [3.8, 4) is 22.3 Å². The van der Waals surface area contributed by atoms with Gasteiger partial charge in [-0.2, -0.15) is 0 Å². The maximum atomic E-state index is 2.44. The number of anilines is 3. The first kappa shape index (κ1) is 28.8. The van der Waals surface area contributed by atoms with E-state index in [0.29, 0.717) is 0 Å². The summed E-state index contributed by atoms with van der Waals surface area (Å²) >= 11 is 1.86. The van der Waals surface area contributed by atoms with Crippen LogP contribution in [0.25, 0.3) is 74.7 Å². The predicted molar refractivity (Wildman–Crippen MR) is 217 cm³/mol. The van der Waals surface area contributed by atoms with Gasteiger partial charge in [0.05, 0.1) is 5.69 Å². The summed E-state index contributed by atoms with van der Waals surface area (Å²) in [6.45, 7) is 0. The molecule has 0 unspecified atom stereocenters. The molecule has 0 aliphatic heterocycles. The summed E-state index contributed by atoms with van der Waals surface area (Å²) < 4.78 is 2.61. The Bertz CT molecular complexity index is 2860. The van der Waals surface area contributed by atoms with Crippen LogP contribution in [-0.2, 0) is 0 Å². The number of hydrogen-bond donors (Lipinski definition) is 0. The zero-order chi connectivity index (χ0) is 33.0. The second-order valence-corrected chi connectivity index (χ2v) is 14.0. The minimum atomic E-state index is 1.13. The molecule has 0 bridgehead atoms. The summed E-state index contributed by atoms with van der Waals surface area (Å²) in [6.07, 6.45) is 0. The highest BCUT2D eigenvalue weighted by Gasteiger charge is 2.19. The average Bonchev–Trinajstić information content (AvgIpc) is 3.56. The molecule has 0 spiro atoms. The maximum Gasteiger partial charge on any atom is 0.0546 e. The van der Waals surface area contributed by atoms with E-state index in [1.807, 2.05) is 11.3 Å². The fourth-order valence-electron chi connectivity index (χ4n) is 7.53. The van der Waals surface area contributed by atoms with Gasteiger partial charge in [-0.25, -0.2) is 0 Å². The van der Waals surface area contributed by atoms with Crippen molar-refractivity contribution >= 4 is 80.9 Å². The summed E-state index contributed by atoms with van der Waals surface area (Å²) in [5, 5.41) is 10.2. The number of fused-ring (bicyclic) bond motifs is 7. The Balaban J connectivity index is 1.09. The lowest BCUT2D eigenvalue weighted by Gasteiger charge is -2.28. The molecule has 0 saturated heterocycles. The molecular formula is C48H31NS. The van der Waals surface area contributed by atoms with Crippen LogP contribution in [0.4, 0.5) is 17.1 Å².